The van der Waals surface area contributed by atoms with E-state index in [-0.39, 0.29) is 24.3 Å². The summed E-state index contributed by atoms with van der Waals surface area (Å²) >= 11 is 12.0. The maximum absolute atomic E-state index is 12.6. The van der Waals surface area contributed by atoms with E-state index in [0.717, 1.165) is 11.4 Å². The first-order valence-corrected chi connectivity index (χ1v) is 10.4. The molecular formula is C20H20Cl2N6O4. The first kappa shape index (κ1) is 22.1. The van der Waals surface area contributed by atoms with Crippen molar-refractivity contribution in [3.63, 3.8) is 0 Å². The SMILES string of the molecule is Cc1cc(C)n(-c2nc3c(c(=O)[nH]c(=O)n3C)n2C[C@H](O)COc2ccc(Cl)cc2Cl)n1. The van der Waals surface area contributed by atoms with Gasteiger partial charge in [0.1, 0.15) is 18.5 Å². The monoisotopic (exact) mass is 478 g/mol. The normalized spacial score (nSPS) is 12.4. The molecule has 0 fully saturated rings. The zero-order chi connectivity index (χ0) is 23.2. The number of aliphatic hydroxyl groups is 1. The van der Waals surface area contributed by atoms with E-state index in [9.17, 15) is 14.7 Å². The molecule has 10 nitrogen and oxygen atoms in total. The third kappa shape index (κ3) is 4.04. The fourth-order valence-electron chi connectivity index (χ4n) is 3.43. The van der Waals surface area contributed by atoms with Crippen LogP contribution in [0.2, 0.25) is 10.0 Å². The van der Waals surface area contributed by atoms with Gasteiger partial charge in [-0.1, -0.05) is 23.2 Å². The molecular weight excluding hydrogens is 459 g/mol. The Bertz CT molecular complexity index is 1430. The number of fused-ring (bicyclic) bond motifs is 1. The van der Waals surface area contributed by atoms with Crippen molar-refractivity contribution in [2.24, 2.45) is 7.05 Å². The number of aryl methyl sites for hydroxylation is 3. The second-order valence-electron chi connectivity index (χ2n) is 7.39. The van der Waals surface area contributed by atoms with Crippen molar-refractivity contribution in [3.8, 4) is 11.7 Å². The third-order valence-corrected chi connectivity index (χ3v) is 5.43. The molecule has 0 saturated carbocycles. The summed E-state index contributed by atoms with van der Waals surface area (Å²) in [5.41, 5.74) is 0.642. The summed E-state index contributed by atoms with van der Waals surface area (Å²) < 4.78 is 9.93. The van der Waals surface area contributed by atoms with Gasteiger partial charge >= 0.3 is 5.69 Å². The van der Waals surface area contributed by atoms with Gasteiger partial charge in [-0.25, -0.2) is 9.48 Å². The lowest BCUT2D eigenvalue weighted by molar-refractivity contribution is 0.0932. The predicted octanol–water partition coefficient (Wildman–Crippen LogP) is 1.97. The van der Waals surface area contributed by atoms with Crippen LogP contribution in [0.4, 0.5) is 0 Å². The number of imidazole rings is 1. The van der Waals surface area contributed by atoms with Gasteiger partial charge in [-0.3, -0.25) is 18.9 Å². The highest BCUT2D eigenvalue weighted by molar-refractivity contribution is 6.35. The molecule has 1 aromatic carbocycles. The Morgan fingerprint density at radius 1 is 1.22 bits per heavy atom. The zero-order valence-corrected chi connectivity index (χ0v) is 19.0. The highest BCUT2D eigenvalue weighted by Crippen LogP contribution is 2.27. The standard InChI is InChI=1S/C20H20Cl2N6O4/c1-10-6-11(2)28(25-10)19-23-17-16(18(30)24-20(31)26(17)3)27(19)8-13(29)9-32-15-5-4-12(21)7-14(15)22/h4-7,13,29H,8-9H2,1-3H3,(H,24,30,31)/t13-/m0/s1. The van der Waals surface area contributed by atoms with Crippen LogP contribution in [-0.2, 0) is 13.6 Å². The van der Waals surface area contributed by atoms with Gasteiger partial charge in [0.25, 0.3) is 5.56 Å². The van der Waals surface area contributed by atoms with Gasteiger partial charge < -0.3 is 9.84 Å². The minimum Gasteiger partial charge on any atom is -0.489 e. The molecule has 0 amide bonds. The number of nitrogens with one attached hydrogen (secondary N) is 1. The molecule has 4 aromatic rings. The number of halogens is 2. The number of aliphatic hydroxyl groups excluding tert-OH is 1. The Kier molecular flexibility index (Phi) is 5.85. The number of rotatable bonds is 6. The quantitative estimate of drug-likeness (QED) is 0.437. The Balaban J connectivity index is 1.74. The van der Waals surface area contributed by atoms with Crippen molar-refractivity contribution in [3.05, 3.63) is 66.5 Å². The van der Waals surface area contributed by atoms with E-state index in [4.69, 9.17) is 27.9 Å². The first-order chi connectivity index (χ1) is 15.2. The summed E-state index contributed by atoms with van der Waals surface area (Å²) in [6.07, 6.45) is -1.04. The van der Waals surface area contributed by atoms with Crippen LogP contribution in [0.15, 0.2) is 33.9 Å². The molecule has 4 rings (SSSR count). The van der Waals surface area contributed by atoms with E-state index in [2.05, 4.69) is 15.1 Å². The van der Waals surface area contributed by atoms with Gasteiger partial charge in [0.05, 0.1) is 17.3 Å². The maximum Gasteiger partial charge on any atom is 0.329 e. The summed E-state index contributed by atoms with van der Waals surface area (Å²) in [5, 5.41) is 15.9. The lowest BCUT2D eigenvalue weighted by Gasteiger charge is -2.16. The number of benzene rings is 1. The number of aromatic nitrogens is 6. The Labute approximate surface area is 191 Å². The molecule has 0 aliphatic carbocycles. The molecule has 0 radical (unpaired) electrons. The van der Waals surface area contributed by atoms with E-state index in [1.165, 1.54) is 22.2 Å². The molecule has 12 heteroatoms. The zero-order valence-electron chi connectivity index (χ0n) is 17.5. The topological polar surface area (TPSA) is 120 Å². The fraction of sp³-hybridized carbons (Fsp3) is 0.300. The van der Waals surface area contributed by atoms with Crippen LogP contribution in [-0.4, -0.2) is 46.7 Å². The van der Waals surface area contributed by atoms with Gasteiger partial charge in [0.2, 0.25) is 5.95 Å². The van der Waals surface area contributed by atoms with Crippen molar-refractivity contribution < 1.29 is 9.84 Å². The largest absolute Gasteiger partial charge is 0.489 e. The van der Waals surface area contributed by atoms with Crippen LogP contribution >= 0.6 is 23.2 Å². The van der Waals surface area contributed by atoms with Gasteiger partial charge in [0, 0.05) is 17.8 Å². The molecule has 0 spiro atoms. The van der Waals surface area contributed by atoms with E-state index < -0.39 is 17.4 Å². The maximum atomic E-state index is 12.6. The van der Waals surface area contributed by atoms with Crippen molar-refractivity contribution in [1.82, 2.24) is 28.9 Å². The molecule has 0 aliphatic heterocycles. The molecule has 2 N–H and O–H groups in total. The molecule has 0 bridgehead atoms. The molecule has 32 heavy (non-hydrogen) atoms. The number of aromatic amines is 1. The Morgan fingerprint density at radius 2 is 1.97 bits per heavy atom. The van der Waals surface area contributed by atoms with Crippen LogP contribution < -0.4 is 16.0 Å². The minimum absolute atomic E-state index is 0.0450. The summed E-state index contributed by atoms with van der Waals surface area (Å²) in [4.78, 5) is 31.5. The van der Waals surface area contributed by atoms with Crippen LogP contribution in [0.25, 0.3) is 17.1 Å². The number of nitrogens with zero attached hydrogens (tertiary/aromatic N) is 5. The van der Waals surface area contributed by atoms with E-state index in [1.807, 2.05) is 19.9 Å². The van der Waals surface area contributed by atoms with Crippen molar-refractivity contribution in [2.45, 2.75) is 26.5 Å². The fourth-order valence-corrected chi connectivity index (χ4v) is 3.89. The van der Waals surface area contributed by atoms with E-state index in [1.54, 1.807) is 16.8 Å². The smallest absolute Gasteiger partial charge is 0.329 e. The van der Waals surface area contributed by atoms with Gasteiger partial charge in [-0.15, -0.1) is 0 Å². The van der Waals surface area contributed by atoms with Gasteiger partial charge in [0.15, 0.2) is 11.2 Å². The van der Waals surface area contributed by atoms with Crippen molar-refractivity contribution >= 4 is 34.4 Å². The number of H-pyrrole nitrogens is 1. The predicted molar refractivity (Wildman–Crippen MR) is 120 cm³/mol. The van der Waals surface area contributed by atoms with Crippen LogP contribution in [0.5, 0.6) is 5.75 Å². The molecule has 0 saturated heterocycles. The molecule has 0 aliphatic rings. The third-order valence-electron chi connectivity index (χ3n) is 4.90. The lowest BCUT2D eigenvalue weighted by Crippen LogP contribution is -2.31. The minimum atomic E-state index is -1.04. The average Bonchev–Trinajstić information content (AvgIpc) is 3.25. The summed E-state index contributed by atoms with van der Waals surface area (Å²) in [6, 6.07) is 6.62. The number of ether oxygens (including phenoxy) is 1. The Hall–Kier alpha value is -3.08. The number of hydrogen-bond donors (Lipinski definition) is 2. The second-order valence-corrected chi connectivity index (χ2v) is 8.24. The highest BCUT2D eigenvalue weighted by Gasteiger charge is 2.22. The van der Waals surface area contributed by atoms with Crippen LogP contribution in [0, 0.1) is 13.8 Å². The summed E-state index contributed by atoms with van der Waals surface area (Å²) in [7, 11) is 1.50. The summed E-state index contributed by atoms with van der Waals surface area (Å²) in [5.74, 6) is 0.658. The molecule has 1 atom stereocenters. The average molecular weight is 479 g/mol. The first-order valence-electron chi connectivity index (χ1n) is 9.64. The van der Waals surface area contributed by atoms with Crippen LogP contribution in [0.1, 0.15) is 11.4 Å². The van der Waals surface area contributed by atoms with Crippen molar-refractivity contribution in [1.29, 1.82) is 0 Å². The Morgan fingerprint density at radius 3 is 2.62 bits per heavy atom. The second kappa shape index (κ2) is 8.45. The summed E-state index contributed by atoms with van der Waals surface area (Å²) in [6.45, 7) is 3.52. The molecule has 168 valence electrons. The molecule has 3 aromatic heterocycles. The lowest BCUT2D eigenvalue weighted by atomic mass is 10.3. The number of hydrogen-bond acceptors (Lipinski definition) is 6. The molecule has 3 heterocycles. The van der Waals surface area contributed by atoms with Gasteiger partial charge in [-0.05, 0) is 38.1 Å². The van der Waals surface area contributed by atoms with Crippen LogP contribution in [0.3, 0.4) is 0 Å². The highest BCUT2D eigenvalue weighted by atomic mass is 35.5. The molecule has 0 unspecified atom stereocenters. The van der Waals surface area contributed by atoms with E-state index in [0.29, 0.717) is 21.7 Å². The van der Waals surface area contributed by atoms with Gasteiger partial charge in [-0.2, -0.15) is 10.1 Å². The van der Waals surface area contributed by atoms with Crippen molar-refractivity contribution in [2.75, 3.05) is 6.61 Å². The van der Waals surface area contributed by atoms with E-state index >= 15 is 0 Å².